The van der Waals surface area contributed by atoms with Gasteiger partial charge in [-0.1, -0.05) is 12.1 Å². The van der Waals surface area contributed by atoms with E-state index in [1.54, 1.807) is 11.3 Å². The van der Waals surface area contributed by atoms with Crippen molar-refractivity contribution in [2.24, 2.45) is 17.8 Å². The molecule has 2 aromatic rings. The van der Waals surface area contributed by atoms with Crippen molar-refractivity contribution in [3.8, 4) is 0 Å². The highest BCUT2D eigenvalue weighted by atomic mass is 32.1. The summed E-state index contributed by atoms with van der Waals surface area (Å²) in [7, 11) is 0. The van der Waals surface area contributed by atoms with Crippen LogP contribution in [0.1, 0.15) is 17.8 Å². The number of carbonyl (C=O) groups excluding carboxylic acids is 2. The van der Waals surface area contributed by atoms with Crippen molar-refractivity contribution >= 4 is 33.2 Å². The Morgan fingerprint density at radius 2 is 2.00 bits per heavy atom. The first-order valence-electron chi connectivity index (χ1n) is 8.44. The van der Waals surface area contributed by atoms with Gasteiger partial charge in [0.05, 0.1) is 28.4 Å². The van der Waals surface area contributed by atoms with E-state index in [9.17, 15) is 9.59 Å². The number of ketones is 1. The third kappa shape index (κ3) is 3.08. The van der Waals surface area contributed by atoms with Crippen molar-refractivity contribution in [2.75, 3.05) is 19.8 Å². The summed E-state index contributed by atoms with van der Waals surface area (Å²) in [6.45, 7) is 1.55. The normalized spacial score (nSPS) is 26.5. The largest absolute Gasteiger partial charge is 0.380 e. The molecule has 2 bridgehead atoms. The van der Waals surface area contributed by atoms with Gasteiger partial charge in [0.1, 0.15) is 5.78 Å². The van der Waals surface area contributed by atoms with Gasteiger partial charge in [-0.05, 0) is 25.0 Å². The monoisotopic (exact) mass is 344 g/mol. The Morgan fingerprint density at radius 1 is 1.25 bits per heavy atom. The summed E-state index contributed by atoms with van der Waals surface area (Å²) in [5.74, 6) is 0.132. The lowest BCUT2D eigenvalue weighted by Gasteiger charge is -2.36. The van der Waals surface area contributed by atoms with Gasteiger partial charge in [-0.3, -0.25) is 9.59 Å². The highest BCUT2D eigenvalue weighted by Gasteiger charge is 2.41. The van der Waals surface area contributed by atoms with E-state index in [0.717, 1.165) is 16.9 Å². The van der Waals surface area contributed by atoms with Crippen molar-refractivity contribution in [3.63, 3.8) is 0 Å². The molecular formula is C18H20N2O3S. The number of benzene rings is 1. The molecule has 5 nitrogen and oxygen atoms in total. The first kappa shape index (κ1) is 15.7. The summed E-state index contributed by atoms with van der Waals surface area (Å²) in [6.07, 6.45) is 2.00. The number of amides is 1. The second-order valence-corrected chi connectivity index (χ2v) is 7.73. The van der Waals surface area contributed by atoms with E-state index in [0.29, 0.717) is 38.4 Å². The molecule has 24 heavy (non-hydrogen) atoms. The molecule has 1 N–H and O–H groups in total. The number of Topliss-reactive ketones (excluding diaryl/α,β-unsaturated/α-hetero) is 1. The van der Waals surface area contributed by atoms with Crippen molar-refractivity contribution < 1.29 is 14.3 Å². The number of carbonyl (C=O) groups is 2. The van der Waals surface area contributed by atoms with E-state index < -0.39 is 0 Å². The highest BCUT2D eigenvalue weighted by molar-refractivity contribution is 7.18. The SMILES string of the molecule is O=C(NCCc1nc2ccccc2s1)C1CC2COCC(C1)C2=O. The fourth-order valence-electron chi connectivity index (χ4n) is 3.68. The zero-order chi connectivity index (χ0) is 16.5. The quantitative estimate of drug-likeness (QED) is 0.923. The number of thiazole rings is 1. The number of nitrogens with one attached hydrogen (secondary N) is 1. The molecule has 1 aliphatic carbocycles. The van der Waals surface area contributed by atoms with Crippen molar-refractivity contribution in [2.45, 2.75) is 19.3 Å². The van der Waals surface area contributed by atoms with E-state index in [-0.39, 0.29) is 23.7 Å². The van der Waals surface area contributed by atoms with Gasteiger partial charge >= 0.3 is 0 Å². The zero-order valence-corrected chi connectivity index (χ0v) is 14.2. The smallest absolute Gasteiger partial charge is 0.223 e. The summed E-state index contributed by atoms with van der Waals surface area (Å²) in [5.41, 5.74) is 1.02. The molecule has 2 atom stereocenters. The Kier molecular flexibility index (Phi) is 4.33. The lowest BCUT2D eigenvalue weighted by atomic mass is 9.73. The van der Waals surface area contributed by atoms with Crippen LogP contribution in [-0.2, 0) is 20.7 Å². The minimum absolute atomic E-state index is 0.0584. The molecular weight excluding hydrogens is 324 g/mol. The first-order valence-corrected chi connectivity index (χ1v) is 9.26. The van der Waals surface area contributed by atoms with Crippen molar-refractivity contribution in [1.29, 1.82) is 0 Å². The van der Waals surface area contributed by atoms with Crippen LogP contribution in [0.3, 0.4) is 0 Å². The highest BCUT2D eigenvalue weighted by Crippen LogP contribution is 2.34. The second kappa shape index (κ2) is 6.61. The third-order valence-corrected chi connectivity index (χ3v) is 6.02. The molecule has 1 amide bonds. The number of hydrogen-bond donors (Lipinski definition) is 1. The fourth-order valence-corrected chi connectivity index (χ4v) is 4.65. The molecule has 1 aliphatic heterocycles. The molecule has 1 saturated carbocycles. The fraction of sp³-hybridized carbons (Fsp3) is 0.500. The summed E-state index contributed by atoms with van der Waals surface area (Å²) >= 11 is 1.67. The minimum Gasteiger partial charge on any atom is -0.380 e. The van der Waals surface area contributed by atoms with Gasteiger partial charge in [-0.2, -0.15) is 0 Å². The van der Waals surface area contributed by atoms with Crippen LogP contribution in [0.4, 0.5) is 0 Å². The Bertz CT molecular complexity index is 723. The Hall–Kier alpha value is -1.79. The predicted octanol–water partition coefficient (Wildman–Crippen LogP) is 2.20. The molecule has 2 fully saturated rings. The Balaban J connectivity index is 1.31. The Morgan fingerprint density at radius 3 is 2.75 bits per heavy atom. The molecule has 2 heterocycles. The van der Waals surface area contributed by atoms with E-state index in [1.165, 1.54) is 4.70 Å². The molecule has 4 rings (SSSR count). The molecule has 1 aromatic heterocycles. The van der Waals surface area contributed by atoms with Gasteiger partial charge in [0.25, 0.3) is 0 Å². The molecule has 126 valence electrons. The lowest BCUT2D eigenvalue weighted by Crippen LogP contribution is -2.46. The zero-order valence-electron chi connectivity index (χ0n) is 13.4. The standard InChI is InChI=1S/C18H20N2O3S/c21-17-12-7-11(8-13(17)10-23-9-12)18(22)19-6-5-16-20-14-3-1-2-4-15(14)24-16/h1-4,11-13H,5-10H2,(H,19,22). The van der Waals surface area contributed by atoms with Crippen LogP contribution in [0.2, 0.25) is 0 Å². The van der Waals surface area contributed by atoms with Crippen LogP contribution in [-0.4, -0.2) is 36.4 Å². The van der Waals surface area contributed by atoms with Crippen molar-refractivity contribution in [3.05, 3.63) is 29.3 Å². The van der Waals surface area contributed by atoms with Crippen molar-refractivity contribution in [1.82, 2.24) is 10.3 Å². The molecule has 1 aromatic carbocycles. The van der Waals surface area contributed by atoms with Gasteiger partial charge in [-0.15, -0.1) is 11.3 Å². The average Bonchev–Trinajstić information content (AvgIpc) is 2.97. The van der Waals surface area contributed by atoms with Crippen LogP contribution in [0, 0.1) is 17.8 Å². The first-order chi connectivity index (χ1) is 11.7. The summed E-state index contributed by atoms with van der Waals surface area (Å²) < 4.78 is 6.62. The maximum absolute atomic E-state index is 12.4. The predicted molar refractivity (Wildman–Crippen MR) is 91.9 cm³/mol. The van der Waals surface area contributed by atoms with E-state index in [4.69, 9.17) is 4.74 Å². The molecule has 6 heteroatoms. The molecule has 0 spiro atoms. The molecule has 2 aliphatic rings. The molecule has 0 radical (unpaired) electrons. The van der Waals surface area contributed by atoms with Crippen LogP contribution in [0.5, 0.6) is 0 Å². The van der Waals surface area contributed by atoms with E-state index >= 15 is 0 Å². The molecule has 1 saturated heterocycles. The summed E-state index contributed by atoms with van der Waals surface area (Å²) in [5, 5.41) is 4.07. The maximum atomic E-state index is 12.4. The number of ether oxygens (including phenoxy) is 1. The number of nitrogens with zero attached hydrogens (tertiary/aromatic N) is 1. The van der Waals surface area contributed by atoms with Gasteiger partial charge in [0.15, 0.2) is 0 Å². The molecule has 2 unspecified atom stereocenters. The van der Waals surface area contributed by atoms with Gasteiger partial charge < -0.3 is 10.1 Å². The van der Waals surface area contributed by atoms with Crippen LogP contribution in [0.25, 0.3) is 10.2 Å². The van der Waals surface area contributed by atoms with Gasteiger partial charge in [0, 0.05) is 30.7 Å². The van der Waals surface area contributed by atoms with E-state index in [2.05, 4.69) is 16.4 Å². The van der Waals surface area contributed by atoms with Gasteiger partial charge in [-0.25, -0.2) is 4.98 Å². The third-order valence-electron chi connectivity index (χ3n) is 4.93. The number of aromatic nitrogens is 1. The van der Waals surface area contributed by atoms with Crippen LogP contribution < -0.4 is 5.32 Å². The maximum Gasteiger partial charge on any atom is 0.223 e. The summed E-state index contributed by atoms with van der Waals surface area (Å²) in [6, 6.07) is 8.07. The topological polar surface area (TPSA) is 68.3 Å². The van der Waals surface area contributed by atoms with Gasteiger partial charge in [0.2, 0.25) is 5.91 Å². The summed E-state index contributed by atoms with van der Waals surface area (Å²) in [4.78, 5) is 29.0. The number of para-hydroxylation sites is 1. The Labute approximate surface area is 144 Å². The second-order valence-electron chi connectivity index (χ2n) is 6.62. The number of rotatable bonds is 4. The lowest BCUT2D eigenvalue weighted by molar-refractivity contribution is -0.146. The number of hydrogen-bond acceptors (Lipinski definition) is 5. The van der Waals surface area contributed by atoms with Crippen LogP contribution >= 0.6 is 11.3 Å². The minimum atomic E-state index is -0.0856. The number of fused-ring (bicyclic) bond motifs is 3. The van der Waals surface area contributed by atoms with E-state index in [1.807, 2.05) is 18.2 Å². The van der Waals surface area contributed by atoms with Crippen LogP contribution in [0.15, 0.2) is 24.3 Å². The average molecular weight is 344 g/mol.